The molecule has 3 heteroatoms. The van der Waals surface area contributed by atoms with Gasteiger partial charge in [0.1, 0.15) is 5.75 Å². The molecule has 1 aromatic rings. The fraction of sp³-hybridized carbons (Fsp3) is 0.667. The molecule has 0 radical (unpaired) electrons. The molecule has 0 amide bonds. The molecule has 0 saturated carbocycles. The molecule has 118 valence electrons. The molecule has 1 saturated heterocycles. The van der Waals surface area contributed by atoms with Crippen LogP contribution in [0.3, 0.4) is 0 Å². The van der Waals surface area contributed by atoms with Crippen molar-refractivity contribution >= 4 is 5.69 Å². The zero-order valence-corrected chi connectivity index (χ0v) is 13.9. The lowest BCUT2D eigenvalue weighted by molar-refractivity contribution is 0.242. The summed E-state index contributed by atoms with van der Waals surface area (Å²) < 4.78 is 5.70. The summed E-state index contributed by atoms with van der Waals surface area (Å²) in [5.41, 5.74) is 1.32. The first kappa shape index (κ1) is 16.2. The maximum absolute atomic E-state index is 5.70. The van der Waals surface area contributed by atoms with E-state index in [-0.39, 0.29) is 6.10 Å². The van der Waals surface area contributed by atoms with E-state index in [1.807, 2.05) is 0 Å². The van der Waals surface area contributed by atoms with Gasteiger partial charge in [0, 0.05) is 18.8 Å². The predicted octanol–water partition coefficient (Wildman–Crippen LogP) is 3.55. The van der Waals surface area contributed by atoms with Crippen LogP contribution in [0.15, 0.2) is 24.3 Å². The van der Waals surface area contributed by atoms with Crippen molar-refractivity contribution in [3.05, 3.63) is 24.3 Å². The topological polar surface area (TPSA) is 24.5 Å². The maximum Gasteiger partial charge on any atom is 0.119 e. The Kier molecular flexibility index (Phi) is 5.92. The van der Waals surface area contributed by atoms with Crippen molar-refractivity contribution in [1.82, 2.24) is 5.32 Å². The van der Waals surface area contributed by atoms with Crippen LogP contribution in [0.2, 0.25) is 0 Å². The molecule has 1 aromatic carbocycles. The number of nitrogens with one attached hydrogen (secondary N) is 1. The molecule has 1 aliphatic heterocycles. The number of hydrogen-bond donors (Lipinski definition) is 1. The average Bonchev–Trinajstić information content (AvgIpc) is 2.87. The van der Waals surface area contributed by atoms with Gasteiger partial charge >= 0.3 is 0 Å². The smallest absolute Gasteiger partial charge is 0.119 e. The van der Waals surface area contributed by atoms with Gasteiger partial charge < -0.3 is 15.0 Å². The second-order valence-electron chi connectivity index (χ2n) is 6.81. The fourth-order valence-electron chi connectivity index (χ4n) is 2.82. The number of nitrogens with zero attached hydrogens (tertiary/aromatic N) is 1. The molecule has 0 spiro atoms. The summed E-state index contributed by atoms with van der Waals surface area (Å²) in [6.07, 6.45) is 1.52. The highest BCUT2D eigenvalue weighted by molar-refractivity contribution is 5.49. The van der Waals surface area contributed by atoms with E-state index in [0.717, 1.165) is 37.2 Å². The van der Waals surface area contributed by atoms with Gasteiger partial charge in [-0.05, 0) is 69.5 Å². The maximum atomic E-state index is 5.70. The third kappa shape index (κ3) is 5.24. The Morgan fingerprint density at radius 2 is 1.90 bits per heavy atom. The third-order valence-electron chi connectivity index (χ3n) is 3.85. The summed E-state index contributed by atoms with van der Waals surface area (Å²) in [4.78, 5) is 2.49. The zero-order chi connectivity index (χ0) is 15.2. The lowest BCUT2D eigenvalue weighted by Crippen LogP contribution is -2.28. The first-order valence-corrected chi connectivity index (χ1v) is 8.27. The van der Waals surface area contributed by atoms with Crippen LogP contribution >= 0.6 is 0 Å². The van der Waals surface area contributed by atoms with Crippen molar-refractivity contribution in [3.8, 4) is 5.75 Å². The average molecular weight is 290 g/mol. The van der Waals surface area contributed by atoms with Crippen LogP contribution in [0, 0.1) is 11.8 Å². The molecule has 1 aliphatic rings. The van der Waals surface area contributed by atoms with Crippen molar-refractivity contribution in [1.29, 1.82) is 0 Å². The van der Waals surface area contributed by atoms with Crippen LogP contribution in [-0.4, -0.2) is 32.3 Å². The molecule has 0 aromatic heterocycles. The van der Waals surface area contributed by atoms with Gasteiger partial charge in [-0.15, -0.1) is 0 Å². The van der Waals surface area contributed by atoms with Crippen LogP contribution in [-0.2, 0) is 0 Å². The minimum absolute atomic E-state index is 0.235. The van der Waals surface area contributed by atoms with E-state index in [0.29, 0.717) is 0 Å². The Labute approximate surface area is 129 Å². The van der Waals surface area contributed by atoms with Gasteiger partial charge in [0.05, 0.1) is 6.10 Å². The van der Waals surface area contributed by atoms with E-state index in [9.17, 15) is 0 Å². The second-order valence-corrected chi connectivity index (χ2v) is 6.81. The van der Waals surface area contributed by atoms with Gasteiger partial charge in [-0.2, -0.15) is 0 Å². The van der Waals surface area contributed by atoms with Gasteiger partial charge in [0.25, 0.3) is 0 Å². The summed E-state index contributed by atoms with van der Waals surface area (Å²) in [6.45, 7) is 13.2. The fourth-order valence-corrected chi connectivity index (χ4v) is 2.82. The highest BCUT2D eigenvalue weighted by atomic mass is 16.5. The van der Waals surface area contributed by atoms with Gasteiger partial charge in [-0.3, -0.25) is 0 Å². The van der Waals surface area contributed by atoms with E-state index < -0.39 is 0 Å². The van der Waals surface area contributed by atoms with Gasteiger partial charge in [0.2, 0.25) is 0 Å². The van der Waals surface area contributed by atoms with Crippen LogP contribution in [0.5, 0.6) is 5.75 Å². The summed E-state index contributed by atoms with van der Waals surface area (Å²) in [5.74, 6) is 2.47. The Bertz CT molecular complexity index is 414. The summed E-state index contributed by atoms with van der Waals surface area (Å²) >= 11 is 0. The minimum Gasteiger partial charge on any atom is -0.491 e. The molecule has 21 heavy (non-hydrogen) atoms. The van der Waals surface area contributed by atoms with E-state index in [1.165, 1.54) is 18.7 Å². The SMILES string of the molecule is CC(C)CNCC1CCN(c2ccc(OC(C)C)cc2)C1. The van der Waals surface area contributed by atoms with Crippen LogP contribution in [0.1, 0.15) is 34.1 Å². The van der Waals surface area contributed by atoms with Crippen molar-refractivity contribution < 1.29 is 4.74 Å². The second kappa shape index (κ2) is 7.69. The minimum atomic E-state index is 0.235. The first-order chi connectivity index (χ1) is 10.0. The first-order valence-electron chi connectivity index (χ1n) is 8.27. The molecule has 1 unspecified atom stereocenters. The standard InChI is InChI=1S/C18H30N2O/c1-14(2)11-19-12-16-9-10-20(13-16)17-5-7-18(8-6-17)21-15(3)4/h5-8,14-16,19H,9-13H2,1-4H3. The van der Waals surface area contributed by atoms with Crippen molar-refractivity contribution in [2.24, 2.45) is 11.8 Å². The summed E-state index contributed by atoms with van der Waals surface area (Å²) in [5, 5.41) is 3.58. The molecule has 1 fully saturated rings. The predicted molar refractivity (Wildman–Crippen MR) is 90.2 cm³/mol. The summed E-state index contributed by atoms with van der Waals surface area (Å²) in [7, 11) is 0. The Morgan fingerprint density at radius 1 is 1.19 bits per heavy atom. The van der Waals surface area contributed by atoms with Crippen LogP contribution in [0.25, 0.3) is 0 Å². The van der Waals surface area contributed by atoms with Crippen molar-refractivity contribution in [2.45, 2.75) is 40.2 Å². The molecule has 1 N–H and O–H groups in total. The lowest BCUT2D eigenvalue weighted by Gasteiger charge is -2.20. The number of ether oxygens (including phenoxy) is 1. The molecule has 2 rings (SSSR count). The largest absolute Gasteiger partial charge is 0.491 e. The molecular weight excluding hydrogens is 260 g/mol. The molecular formula is C18H30N2O. The Hall–Kier alpha value is -1.22. The van der Waals surface area contributed by atoms with Crippen LogP contribution < -0.4 is 15.0 Å². The zero-order valence-electron chi connectivity index (χ0n) is 13.9. The highest BCUT2D eigenvalue weighted by Gasteiger charge is 2.22. The number of anilines is 1. The highest BCUT2D eigenvalue weighted by Crippen LogP contribution is 2.25. The number of rotatable bonds is 7. The molecule has 1 atom stereocenters. The van der Waals surface area contributed by atoms with E-state index in [2.05, 4.69) is 62.2 Å². The van der Waals surface area contributed by atoms with Crippen molar-refractivity contribution in [2.75, 3.05) is 31.1 Å². The molecule has 0 aliphatic carbocycles. The van der Waals surface area contributed by atoms with Gasteiger partial charge in [-0.1, -0.05) is 13.8 Å². The third-order valence-corrected chi connectivity index (χ3v) is 3.85. The van der Waals surface area contributed by atoms with Gasteiger partial charge in [-0.25, -0.2) is 0 Å². The molecule has 3 nitrogen and oxygen atoms in total. The van der Waals surface area contributed by atoms with E-state index in [1.54, 1.807) is 0 Å². The van der Waals surface area contributed by atoms with Crippen LogP contribution in [0.4, 0.5) is 5.69 Å². The Morgan fingerprint density at radius 3 is 2.52 bits per heavy atom. The summed E-state index contributed by atoms with van der Waals surface area (Å²) in [6, 6.07) is 8.53. The van der Waals surface area contributed by atoms with E-state index in [4.69, 9.17) is 4.74 Å². The van der Waals surface area contributed by atoms with E-state index >= 15 is 0 Å². The monoisotopic (exact) mass is 290 g/mol. The lowest BCUT2D eigenvalue weighted by atomic mass is 10.1. The number of benzene rings is 1. The quantitative estimate of drug-likeness (QED) is 0.831. The molecule has 0 bridgehead atoms. The Balaban J connectivity index is 1.80. The normalized spacial score (nSPS) is 18.8. The van der Waals surface area contributed by atoms with Crippen molar-refractivity contribution in [3.63, 3.8) is 0 Å². The van der Waals surface area contributed by atoms with Gasteiger partial charge in [0.15, 0.2) is 0 Å². The number of hydrogen-bond acceptors (Lipinski definition) is 3. The molecule has 1 heterocycles.